The molecule has 0 saturated carbocycles. The molecule has 25 heavy (non-hydrogen) atoms. The third-order valence-corrected chi connectivity index (χ3v) is 5.22. The van der Waals surface area contributed by atoms with Gasteiger partial charge in [-0.1, -0.05) is 30.7 Å². The van der Waals surface area contributed by atoms with Crippen molar-refractivity contribution >= 4 is 11.9 Å². The van der Waals surface area contributed by atoms with E-state index in [1.165, 1.54) is 43.5 Å². The van der Waals surface area contributed by atoms with Gasteiger partial charge >= 0.3 is 0 Å². The van der Waals surface area contributed by atoms with Gasteiger partial charge in [0.05, 0.1) is 12.5 Å². The summed E-state index contributed by atoms with van der Waals surface area (Å²) in [5, 5.41) is 6.12. The first kappa shape index (κ1) is 16.5. The van der Waals surface area contributed by atoms with Crippen molar-refractivity contribution in [1.82, 2.24) is 26.4 Å². The second kappa shape index (κ2) is 7.51. The molecule has 0 bridgehead atoms. The minimum Gasteiger partial charge on any atom is -0.339 e. The quantitative estimate of drug-likeness (QED) is 0.633. The number of nitrogens with zero attached hydrogens (tertiary/aromatic N) is 2. The lowest BCUT2D eigenvalue weighted by atomic mass is 10.0. The molecule has 0 aliphatic carbocycles. The van der Waals surface area contributed by atoms with Crippen molar-refractivity contribution < 1.29 is 4.79 Å². The molecule has 0 aromatic heterocycles. The number of nitrogens with one attached hydrogen (secondary N) is 4. The minimum absolute atomic E-state index is 0.0154. The molecule has 3 aliphatic rings. The molecule has 4 N–H and O–H groups in total. The predicted octanol–water partition coefficient (Wildman–Crippen LogP) is 0.298. The number of guanidine groups is 1. The van der Waals surface area contributed by atoms with Gasteiger partial charge in [-0.2, -0.15) is 0 Å². The maximum Gasteiger partial charge on any atom is 0.234 e. The van der Waals surface area contributed by atoms with E-state index in [4.69, 9.17) is 0 Å². The molecular formula is C18H26N6O. The first-order chi connectivity index (χ1) is 12.3. The first-order valence-corrected chi connectivity index (χ1v) is 9.19. The molecule has 2 unspecified atom stereocenters. The van der Waals surface area contributed by atoms with Crippen molar-refractivity contribution in [1.29, 1.82) is 0 Å². The Morgan fingerprint density at radius 2 is 1.92 bits per heavy atom. The van der Waals surface area contributed by atoms with Crippen molar-refractivity contribution in [3.05, 3.63) is 35.4 Å². The predicted molar refractivity (Wildman–Crippen MR) is 96.4 cm³/mol. The number of amides is 1. The molecule has 2 atom stereocenters. The topological polar surface area (TPSA) is 80.8 Å². The molecule has 7 heteroatoms. The van der Waals surface area contributed by atoms with Crippen molar-refractivity contribution in [2.24, 2.45) is 10.9 Å². The van der Waals surface area contributed by atoms with E-state index in [0.717, 1.165) is 6.54 Å². The molecule has 3 aliphatic heterocycles. The molecular weight excluding hydrogens is 316 g/mol. The standard InChI is InChI=1S/C18H26N6O/c25-17-15-11-20-23-16(15)21-18(22-17)19-10-13-6-2-3-7-14(13)12-24-8-4-1-5-9-24/h2-3,6-7,15-16,20,23H,1,4-5,8-12H2,(H2,19,21,22,25). The van der Waals surface area contributed by atoms with E-state index >= 15 is 0 Å². The molecule has 1 amide bonds. The molecule has 3 saturated heterocycles. The maximum absolute atomic E-state index is 12.1. The number of carbonyl (C=O) groups is 1. The molecule has 3 heterocycles. The second-order valence-electron chi connectivity index (χ2n) is 7.01. The van der Waals surface area contributed by atoms with Crippen LogP contribution >= 0.6 is 0 Å². The average Bonchev–Trinajstić information content (AvgIpc) is 3.11. The van der Waals surface area contributed by atoms with E-state index in [1.54, 1.807) is 0 Å². The van der Waals surface area contributed by atoms with Crippen LogP contribution in [0.2, 0.25) is 0 Å². The summed E-state index contributed by atoms with van der Waals surface area (Å²) in [6.45, 7) is 4.55. The van der Waals surface area contributed by atoms with Crippen molar-refractivity contribution in [3.63, 3.8) is 0 Å². The van der Waals surface area contributed by atoms with Crippen LogP contribution < -0.4 is 21.5 Å². The van der Waals surface area contributed by atoms with Gasteiger partial charge in [0, 0.05) is 13.1 Å². The Balaban J connectivity index is 1.43. The number of hydrogen-bond acceptors (Lipinski definition) is 5. The van der Waals surface area contributed by atoms with Crippen LogP contribution in [0.15, 0.2) is 29.3 Å². The zero-order chi connectivity index (χ0) is 17.1. The number of hydrazine groups is 1. The summed E-state index contributed by atoms with van der Waals surface area (Å²) in [4.78, 5) is 19.2. The lowest BCUT2D eigenvalue weighted by Gasteiger charge is -2.28. The lowest BCUT2D eigenvalue weighted by Crippen LogP contribution is -2.61. The van der Waals surface area contributed by atoms with Gasteiger partial charge in [-0.3, -0.25) is 20.4 Å². The number of hydrogen-bond donors (Lipinski definition) is 4. The second-order valence-corrected chi connectivity index (χ2v) is 7.01. The Labute approximate surface area is 148 Å². The highest BCUT2D eigenvalue weighted by atomic mass is 16.2. The van der Waals surface area contributed by atoms with Gasteiger partial charge < -0.3 is 5.32 Å². The Bertz CT molecular complexity index is 655. The van der Waals surface area contributed by atoms with E-state index in [0.29, 0.717) is 19.0 Å². The van der Waals surface area contributed by atoms with E-state index in [1.807, 2.05) is 0 Å². The van der Waals surface area contributed by atoms with E-state index in [2.05, 4.69) is 55.6 Å². The van der Waals surface area contributed by atoms with Gasteiger partial charge in [-0.15, -0.1) is 0 Å². The van der Waals surface area contributed by atoms with Gasteiger partial charge in [0.2, 0.25) is 5.91 Å². The van der Waals surface area contributed by atoms with Crippen LogP contribution in [0.3, 0.4) is 0 Å². The Hall–Kier alpha value is -1.96. The smallest absolute Gasteiger partial charge is 0.234 e. The van der Waals surface area contributed by atoms with Gasteiger partial charge in [-0.25, -0.2) is 10.4 Å². The van der Waals surface area contributed by atoms with E-state index < -0.39 is 0 Å². The molecule has 134 valence electrons. The fourth-order valence-corrected chi connectivity index (χ4v) is 3.74. The number of likely N-dealkylation sites (tertiary alicyclic amines) is 1. The minimum atomic E-state index is -0.0923. The third kappa shape index (κ3) is 3.84. The fourth-order valence-electron chi connectivity index (χ4n) is 3.74. The van der Waals surface area contributed by atoms with Crippen molar-refractivity contribution in [3.8, 4) is 0 Å². The van der Waals surface area contributed by atoms with Crippen LogP contribution in [0.25, 0.3) is 0 Å². The normalized spacial score (nSPS) is 28.5. The Morgan fingerprint density at radius 1 is 1.12 bits per heavy atom. The SMILES string of the molecule is O=C1NC(=NCc2ccccc2CN2CCCCC2)NC2NNCC12. The van der Waals surface area contributed by atoms with Gasteiger partial charge in [-0.05, 0) is 37.1 Å². The molecule has 4 rings (SSSR count). The Kier molecular flexibility index (Phi) is 4.96. The Morgan fingerprint density at radius 3 is 2.76 bits per heavy atom. The zero-order valence-electron chi connectivity index (χ0n) is 14.4. The van der Waals surface area contributed by atoms with Crippen molar-refractivity contribution in [2.45, 2.75) is 38.5 Å². The van der Waals surface area contributed by atoms with Crippen LogP contribution in [0.5, 0.6) is 0 Å². The van der Waals surface area contributed by atoms with Crippen LogP contribution in [0.4, 0.5) is 0 Å². The van der Waals surface area contributed by atoms with Gasteiger partial charge in [0.25, 0.3) is 0 Å². The highest BCUT2D eigenvalue weighted by molar-refractivity contribution is 6.01. The fraction of sp³-hybridized carbons (Fsp3) is 0.556. The summed E-state index contributed by atoms with van der Waals surface area (Å²) in [7, 11) is 0. The third-order valence-electron chi connectivity index (χ3n) is 5.22. The monoisotopic (exact) mass is 342 g/mol. The summed E-state index contributed by atoms with van der Waals surface area (Å²) in [5.41, 5.74) is 8.63. The van der Waals surface area contributed by atoms with Gasteiger partial charge in [0.15, 0.2) is 5.96 Å². The maximum atomic E-state index is 12.1. The van der Waals surface area contributed by atoms with Crippen LogP contribution in [0, 0.1) is 5.92 Å². The molecule has 1 aromatic carbocycles. The van der Waals surface area contributed by atoms with Gasteiger partial charge in [0.1, 0.15) is 6.17 Å². The lowest BCUT2D eigenvalue weighted by molar-refractivity contribution is -0.124. The molecule has 0 radical (unpaired) electrons. The number of fused-ring (bicyclic) bond motifs is 1. The molecule has 7 nitrogen and oxygen atoms in total. The average molecular weight is 342 g/mol. The van der Waals surface area contributed by atoms with E-state index in [9.17, 15) is 4.79 Å². The summed E-state index contributed by atoms with van der Waals surface area (Å²) in [5.74, 6) is 0.474. The summed E-state index contributed by atoms with van der Waals surface area (Å²) in [6, 6.07) is 8.47. The number of aliphatic imine (C=N–C) groups is 1. The zero-order valence-corrected chi connectivity index (χ0v) is 14.4. The highest BCUT2D eigenvalue weighted by Crippen LogP contribution is 2.17. The van der Waals surface area contributed by atoms with Crippen LogP contribution in [0.1, 0.15) is 30.4 Å². The summed E-state index contributed by atoms with van der Waals surface area (Å²) < 4.78 is 0. The van der Waals surface area contributed by atoms with Crippen LogP contribution in [-0.4, -0.2) is 42.6 Å². The number of carbonyl (C=O) groups excluding carboxylic acids is 1. The van der Waals surface area contributed by atoms with Crippen LogP contribution in [-0.2, 0) is 17.9 Å². The molecule has 3 fully saturated rings. The largest absolute Gasteiger partial charge is 0.339 e. The summed E-state index contributed by atoms with van der Waals surface area (Å²) in [6.07, 6.45) is 3.85. The molecule has 0 spiro atoms. The number of rotatable bonds is 4. The first-order valence-electron chi connectivity index (χ1n) is 9.19. The number of piperidine rings is 1. The number of benzene rings is 1. The molecule has 1 aromatic rings. The van der Waals surface area contributed by atoms with E-state index in [-0.39, 0.29) is 18.0 Å². The highest BCUT2D eigenvalue weighted by Gasteiger charge is 2.37. The summed E-state index contributed by atoms with van der Waals surface area (Å²) >= 11 is 0. The van der Waals surface area contributed by atoms with Crippen molar-refractivity contribution in [2.75, 3.05) is 19.6 Å².